The molecule has 4 aromatic rings. The average molecular weight is 461 g/mol. The molecule has 0 spiro atoms. The first kappa shape index (κ1) is 21.0. The fourth-order valence-electron chi connectivity index (χ4n) is 4.23. The number of hydrogen-bond acceptors (Lipinski definition) is 6. The van der Waals surface area contributed by atoms with Crippen LogP contribution in [-0.4, -0.2) is 20.4 Å². The molecule has 0 saturated heterocycles. The maximum atomic E-state index is 13.6. The van der Waals surface area contributed by atoms with E-state index in [2.05, 4.69) is 5.32 Å². The van der Waals surface area contributed by atoms with E-state index in [1.807, 2.05) is 30.3 Å². The molecule has 0 fully saturated rings. The van der Waals surface area contributed by atoms with Gasteiger partial charge >= 0.3 is 0 Å². The summed E-state index contributed by atoms with van der Waals surface area (Å²) in [6, 6.07) is 15.0. The second-order valence-corrected chi connectivity index (χ2v) is 9.02. The summed E-state index contributed by atoms with van der Waals surface area (Å²) in [6.45, 7) is -0.251. The summed E-state index contributed by atoms with van der Waals surface area (Å²) < 4.78 is 1.41. The molecule has 1 amide bonds. The number of nitro groups is 1. The van der Waals surface area contributed by atoms with Crippen LogP contribution in [-0.2, 0) is 24.2 Å². The molecule has 9 heteroatoms. The number of carbonyl (C=O) groups is 1. The van der Waals surface area contributed by atoms with Crippen LogP contribution in [0.25, 0.3) is 21.6 Å². The molecule has 166 valence electrons. The molecule has 1 aliphatic carbocycles. The molecular weight excluding hydrogens is 440 g/mol. The lowest BCUT2D eigenvalue weighted by Gasteiger charge is -2.14. The van der Waals surface area contributed by atoms with E-state index in [9.17, 15) is 19.7 Å². The Bertz CT molecular complexity index is 1440. The van der Waals surface area contributed by atoms with E-state index in [0.29, 0.717) is 21.7 Å². The highest BCUT2D eigenvalue weighted by atomic mass is 32.1. The van der Waals surface area contributed by atoms with Gasteiger partial charge in [0.25, 0.3) is 11.2 Å². The number of anilines is 1. The number of nitrogens with zero attached hydrogens (tertiary/aromatic N) is 3. The molecule has 0 bridgehead atoms. The maximum absolute atomic E-state index is 13.6. The van der Waals surface area contributed by atoms with Gasteiger partial charge in [-0.25, -0.2) is 4.98 Å². The van der Waals surface area contributed by atoms with Gasteiger partial charge in [0.1, 0.15) is 17.2 Å². The summed E-state index contributed by atoms with van der Waals surface area (Å²) in [7, 11) is 0. The summed E-state index contributed by atoms with van der Waals surface area (Å²) in [5, 5.41) is 14.3. The normalized spacial score (nSPS) is 13.0. The van der Waals surface area contributed by atoms with Crippen LogP contribution in [0.4, 0.5) is 11.4 Å². The molecule has 0 aliphatic heterocycles. The smallest absolute Gasteiger partial charge is 0.271 e. The van der Waals surface area contributed by atoms with E-state index in [0.717, 1.165) is 36.8 Å². The molecule has 0 atom stereocenters. The lowest BCUT2D eigenvalue weighted by Crippen LogP contribution is -2.30. The van der Waals surface area contributed by atoms with E-state index < -0.39 is 10.8 Å². The van der Waals surface area contributed by atoms with Gasteiger partial charge in [-0.15, -0.1) is 11.3 Å². The van der Waals surface area contributed by atoms with Crippen LogP contribution in [0.5, 0.6) is 0 Å². The summed E-state index contributed by atoms with van der Waals surface area (Å²) in [6.07, 6.45) is 3.93. The molecule has 2 heterocycles. The van der Waals surface area contributed by atoms with E-state index in [1.54, 1.807) is 17.4 Å². The van der Waals surface area contributed by atoms with Crippen LogP contribution in [0.3, 0.4) is 0 Å². The highest BCUT2D eigenvalue weighted by Gasteiger charge is 2.23. The van der Waals surface area contributed by atoms with Crippen molar-refractivity contribution in [3.05, 3.63) is 85.5 Å². The Kier molecular flexibility index (Phi) is 5.47. The number of hydrogen-bond donors (Lipinski definition) is 1. The highest BCUT2D eigenvalue weighted by Crippen LogP contribution is 2.34. The zero-order chi connectivity index (χ0) is 22.9. The van der Waals surface area contributed by atoms with Crippen LogP contribution < -0.4 is 10.9 Å². The first-order valence-corrected chi connectivity index (χ1v) is 11.5. The van der Waals surface area contributed by atoms with Gasteiger partial charge in [0.2, 0.25) is 5.91 Å². The molecule has 1 aliphatic rings. The molecule has 1 N–H and O–H groups in total. The van der Waals surface area contributed by atoms with Crippen LogP contribution in [0.15, 0.2) is 59.4 Å². The third kappa shape index (κ3) is 4.03. The number of nitro benzene ring substituents is 1. The predicted molar refractivity (Wildman–Crippen MR) is 128 cm³/mol. The molecule has 2 aromatic heterocycles. The number of benzene rings is 2. The zero-order valence-electron chi connectivity index (χ0n) is 17.6. The summed E-state index contributed by atoms with van der Waals surface area (Å²) >= 11 is 1.57. The summed E-state index contributed by atoms with van der Waals surface area (Å²) in [4.78, 5) is 43.8. The first-order chi connectivity index (χ1) is 16.0. The van der Waals surface area contributed by atoms with Crippen molar-refractivity contribution in [3.8, 4) is 11.4 Å². The van der Waals surface area contributed by atoms with E-state index in [-0.39, 0.29) is 17.8 Å². The Morgan fingerprint density at radius 3 is 2.70 bits per heavy atom. The maximum Gasteiger partial charge on any atom is 0.271 e. The second kappa shape index (κ2) is 8.59. The van der Waals surface area contributed by atoms with Crippen molar-refractivity contribution < 1.29 is 9.72 Å². The molecule has 0 unspecified atom stereocenters. The Hall–Kier alpha value is -3.85. The lowest BCUT2D eigenvalue weighted by atomic mass is 9.97. The molecule has 8 nitrogen and oxygen atoms in total. The van der Waals surface area contributed by atoms with E-state index in [4.69, 9.17) is 4.98 Å². The quantitative estimate of drug-likeness (QED) is 0.347. The van der Waals surface area contributed by atoms with Crippen molar-refractivity contribution in [2.45, 2.75) is 32.2 Å². The third-order valence-electron chi connectivity index (χ3n) is 5.75. The fraction of sp³-hybridized carbons (Fsp3) is 0.208. The zero-order valence-corrected chi connectivity index (χ0v) is 18.4. The Morgan fingerprint density at radius 2 is 1.91 bits per heavy atom. The van der Waals surface area contributed by atoms with Crippen molar-refractivity contribution in [3.63, 3.8) is 0 Å². The van der Waals surface area contributed by atoms with Crippen molar-refractivity contribution in [2.75, 3.05) is 5.32 Å². The number of carbonyl (C=O) groups excluding carboxylic acids is 1. The SMILES string of the molecule is O=C(Cn1c(-c2ccccc2)nc2sc3c(c2c1=O)CCCC3)Nc1cccc([N+](=O)[O-])c1. The van der Waals surface area contributed by atoms with Gasteiger partial charge in [0, 0.05) is 28.3 Å². The van der Waals surface area contributed by atoms with E-state index in [1.165, 1.54) is 27.6 Å². The largest absolute Gasteiger partial charge is 0.324 e. The molecule has 5 rings (SSSR count). The summed E-state index contributed by atoms with van der Waals surface area (Å²) in [5.41, 5.74) is 1.75. The lowest BCUT2D eigenvalue weighted by molar-refractivity contribution is -0.384. The minimum absolute atomic E-state index is 0.122. The standard InChI is InChI=1S/C24H20N4O4S/c29-20(25-16-9-6-10-17(13-16)28(31)32)14-27-22(15-7-2-1-3-8-15)26-23-21(24(27)30)18-11-4-5-12-19(18)33-23/h1-3,6-10,13H,4-5,11-12,14H2,(H,25,29). The van der Waals surface area contributed by atoms with Gasteiger partial charge in [-0.3, -0.25) is 24.3 Å². The number of non-ortho nitro benzene ring substituents is 1. The number of fused-ring (bicyclic) bond motifs is 3. The summed E-state index contributed by atoms with van der Waals surface area (Å²) in [5.74, 6) is -0.0269. The van der Waals surface area contributed by atoms with Crippen molar-refractivity contribution >= 4 is 38.8 Å². The highest BCUT2D eigenvalue weighted by molar-refractivity contribution is 7.18. The number of rotatable bonds is 5. The number of amides is 1. The molecule has 2 aromatic carbocycles. The Balaban J connectivity index is 1.58. The van der Waals surface area contributed by atoms with E-state index >= 15 is 0 Å². The van der Waals surface area contributed by atoms with Crippen LogP contribution in [0.2, 0.25) is 0 Å². The second-order valence-electron chi connectivity index (χ2n) is 7.94. The minimum atomic E-state index is -0.523. The Morgan fingerprint density at radius 1 is 1.12 bits per heavy atom. The number of thiophene rings is 1. The van der Waals surface area contributed by atoms with Gasteiger partial charge < -0.3 is 5.32 Å². The first-order valence-electron chi connectivity index (χ1n) is 10.7. The molecular formula is C24H20N4O4S. The van der Waals surface area contributed by atoms with Crippen molar-refractivity contribution in [1.82, 2.24) is 9.55 Å². The van der Waals surface area contributed by atoms with Gasteiger partial charge in [-0.2, -0.15) is 0 Å². The number of nitrogens with one attached hydrogen (secondary N) is 1. The number of aromatic nitrogens is 2. The van der Waals surface area contributed by atoms with Crippen LogP contribution in [0.1, 0.15) is 23.3 Å². The van der Waals surface area contributed by atoms with Crippen LogP contribution in [0, 0.1) is 10.1 Å². The topological polar surface area (TPSA) is 107 Å². The predicted octanol–water partition coefficient (Wildman–Crippen LogP) is 4.55. The van der Waals surface area contributed by atoms with Crippen LogP contribution >= 0.6 is 11.3 Å². The van der Waals surface area contributed by atoms with Gasteiger partial charge in [0.05, 0.1) is 10.3 Å². The minimum Gasteiger partial charge on any atom is -0.324 e. The molecule has 0 radical (unpaired) electrons. The van der Waals surface area contributed by atoms with Gasteiger partial charge in [0.15, 0.2) is 0 Å². The van der Waals surface area contributed by atoms with Gasteiger partial charge in [-0.1, -0.05) is 36.4 Å². The number of aryl methyl sites for hydroxylation is 2. The van der Waals surface area contributed by atoms with Gasteiger partial charge in [-0.05, 0) is 37.3 Å². The third-order valence-corrected chi connectivity index (χ3v) is 6.93. The monoisotopic (exact) mass is 460 g/mol. The molecule has 0 saturated carbocycles. The van der Waals surface area contributed by atoms with Crippen molar-refractivity contribution in [1.29, 1.82) is 0 Å². The Labute approximate surface area is 192 Å². The fourth-order valence-corrected chi connectivity index (χ4v) is 5.49. The average Bonchev–Trinajstić information content (AvgIpc) is 3.20. The molecule has 33 heavy (non-hydrogen) atoms. The van der Waals surface area contributed by atoms with Crippen molar-refractivity contribution in [2.24, 2.45) is 0 Å².